The Morgan fingerprint density at radius 2 is 2.06 bits per heavy atom. The van der Waals surface area contributed by atoms with Crippen LogP contribution in [0.2, 0.25) is 0 Å². The lowest BCUT2D eigenvalue weighted by molar-refractivity contribution is -0.153. The van der Waals surface area contributed by atoms with Crippen molar-refractivity contribution in [2.45, 2.75) is 18.8 Å². The molecule has 17 heavy (non-hydrogen) atoms. The number of carboxylic acids is 1. The Balaban J connectivity index is 3.13. The van der Waals surface area contributed by atoms with Gasteiger partial charge in [-0.15, -0.1) is 0 Å². The number of aliphatic hydroxyl groups excluding tert-OH is 3. The molecule has 0 saturated heterocycles. The van der Waals surface area contributed by atoms with E-state index in [1.807, 2.05) is 0 Å². The summed E-state index contributed by atoms with van der Waals surface area (Å²) in [6.45, 7) is -0.257. The molecule has 1 aromatic carbocycles. The first-order valence-corrected chi connectivity index (χ1v) is 4.87. The number of hydrogen-bond acceptors (Lipinski definition) is 5. The van der Waals surface area contributed by atoms with E-state index in [9.17, 15) is 15.0 Å². The molecular weight excluding hydrogens is 228 g/mol. The molecule has 0 heterocycles. The second-order valence-electron chi connectivity index (χ2n) is 3.46. The van der Waals surface area contributed by atoms with Crippen molar-refractivity contribution in [2.75, 3.05) is 7.11 Å². The fourth-order valence-corrected chi connectivity index (χ4v) is 1.42. The van der Waals surface area contributed by atoms with Crippen molar-refractivity contribution in [1.29, 1.82) is 0 Å². The average molecular weight is 242 g/mol. The Morgan fingerprint density at radius 1 is 1.41 bits per heavy atom. The van der Waals surface area contributed by atoms with Gasteiger partial charge in [0, 0.05) is 5.56 Å². The van der Waals surface area contributed by atoms with Gasteiger partial charge in [-0.05, 0) is 17.7 Å². The zero-order chi connectivity index (χ0) is 13.0. The predicted molar refractivity (Wildman–Crippen MR) is 57.5 cm³/mol. The molecule has 0 radical (unpaired) electrons. The molecule has 1 rings (SSSR count). The van der Waals surface area contributed by atoms with Crippen molar-refractivity contribution in [3.8, 4) is 5.75 Å². The van der Waals surface area contributed by atoms with Crippen LogP contribution in [0.25, 0.3) is 0 Å². The van der Waals surface area contributed by atoms with Crippen LogP contribution in [0.15, 0.2) is 18.2 Å². The Kier molecular flexibility index (Phi) is 4.45. The third-order valence-electron chi connectivity index (χ3n) is 2.35. The fraction of sp³-hybridized carbons (Fsp3) is 0.364. The summed E-state index contributed by atoms with van der Waals surface area (Å²) >= 11 is 0. The predicted octanol–water partition coefficient (Wildman–Crippen LogP) is -0.334. The van der Waals surface area contributed by atoms with Crippen molar-refractivity contribution in [2.24, 2.45) is 0 Å². The topological polar surface area (TPSA) is 107 Å². The maximum Gasteiger partial charge on any atom is 0.335 e. The first kappa shape index (κ1) is 13.4. The number of benzene rings is 1. The Hall–Kier alpha value is -1.63. The van der Waals surface area contributed by atoms with Crippen LogP contribution < -0.4 is 4.74 Å². The maximum atomic E-state index is 10.6. The molecule has 0 saturated carbocycles. The lowest BCUT2D eigenvalue weighted by Crippen LogP contribution is -2.27. The molecular formula is C11H14O6. The van der Waals surface area contributed by atoms with Gasteiger partial charge in [-0.25, -0.2) is 4.79 Å². The van der Waals surface area contributed by atoms with Crippen molar-refractivity contribution in [1.82, 2.24) is 0 Å². The summed E-state index contributed by atoms with van der Waals surface area (Å²) in [5.41, 5.74) is 0.603. The molecule has 0 aliphatic heterocycles. The van der Waals surface area contributed by atoms with E-state index in [4.69, 9.17) is 14.9 Å². The number of ether oxygens (including phenoxy) is 1. The fourth-order valence-electron chi connectivity index (χ4n) is 1.42. The van der Waals surface area contributed by atoms with E-state index >= 15 is 0 Å². The van der Waals surface area contributed by atoms with Gasteiger partial charge in [-0.2, -0.15) is 0 Å². The van der Waals surface area contributed by atoms with E-state index < -0.39 is 18.2 Å². The van der Waals surface area contributed by atoms with Gasteiger partial charge in [-0.1, -0.05) is 6.07 Å². The molecule has 1 aromatic rings. The van der Waals surface area contributed by atoms with Crippen molar-refractivity contribution >= 4 is 5.97 Å². The van der Waals surface area contributed by atoms with Gasteiger partial charge in [-0.3, -0.25) is 0 Å². The highest BCUT2D eigenvalue weighted by Gasteiger charge is 2.27. The van der Waals surface area contributed by atoms with Gasteiger partial charge >= 0.3 is 5.97 Å². The molecule has 0 fully saturated rings. The molecule has 4 N–H and O–H groups in total. The van der Waals surface area contributed by atoms with E-state index in [0.29, 0.717) is 5.56 Å². The zero-order valence-corrected chi connectivity index (χ0v) is 9.20. The average Bonchev–Trinajstić information content (AvgIpc) is 2.35. The quantitative estimate of drug-likeness (QED) is 0.563. The minimum Gasteiger partial charge on any atom is -0.496 e. The highest BCUT2D eigenvalue weighted by atomic mass is 16.5. The molecule has 0 amide bonds. The first-order valence-electron chi connectivity index (χ1n) is 4.87. The van der Waals surface area contributed by atoms with Gasteiger partial charge in [0.05, 0.1) is 13.7 Å². The lowest BCUT2D eigenvalue weighted by Gasteiger charge is -2.18. The Morgan fingerprint density at radius 3 is 2.53 bits per heavy atom. The van der Waals surface area contributed by atoms with E-state index in [1.54, 1.807) is 6.07 Å². The summed E-state index contributed by atoms with van der Waals surface area (Å²) in [5.74, 6) is -1.29. The standard InChI is InChI=1S/C11H14O6/c1-17-8-3-2-6(5-12)4-7(8)9(13)10(14)11(15)16/h2-4,9-10,12-14H,5H2,1H3,(H,15,16). The second kappa shape index (κ2) is 5.62. The zero-order valence-electron chi connectivity index (χ0n) is 9.20. The third-order valence-corrected chi connectivity index (χ3v) is 2.35. The minimum atomic E-state index is -1.95. The molecule has 0 aromatic heterocycles. The number of carboxylic acid groups (broad SMARTS) is 1. The Bertz CT molecular complexity index is 403. The summed E-state index contributed by atoms with van der Waals surface area (Å²) < 4.78 is 4.95. The van der Waals surface area contributed by atoms with Crippen LogP contribution in [0.4, 0.5) is 0 Å². The number of methoxy groups -OCH3 is 1. The third kappa shape index (κ3) is 2.94. The molecule has 0 aliphatic rings. The van der Waals surface area contributed by atoms with Gasteiger partial charge in [0.1, 0.15) is 11.9 Å². The van der Waals surface area contributed by atoms with Crippen LogP contribution in [-0.2, 0) is 11.4 Å². The molecule has 0 spiro atoms. The van der Waals surface area contributed by atoms with Crippen molar-refractivity contribution in [3.05, 3.63) is 29.3 Å². The summed E-state index contributed by atoms with van der Waals surface area (Å²) in [7, 11) is 1.36. The molecule has 6 nitrogen and oxygen atoms in total. The van der Waals surface area contributed by atoms with Crippen LogP contribution in [0.5, 0.6) is 5.75 Å². The maximum absolute atomic E-state index is 10.6. The van der Waals surface area contributed by atoms with Crippen molar-refractivity contribution < 1.29 is 30.0 Å². The highest BCUT2D eigenvalue weighted by molar-refractivity contribution is 5.73. The summed E-state index contributed by atoms with van der Waals surface area (Å²) in [4.78, 5) is 10.6. The molecule has 2 unspecified atom stereocenters. The number of hydrogen-bond donors (Lipinski definition) is 4. The summed E-state index contributed by atoms with van der Waals surface area (Å²) in [5, 5.41) is 36.5. The normalized spacial score (nSPS) is 14.1. The van der Waals surface area contributed by atoms with E-state index in [-0.39, 0.29) is 17.9 Å². The molecule has 94 valence electrons. The van der Waals surface area contributed by atoms with Gasteiger partial charge in [0.15, 0.2) is 6.10 Å². The van der Waals surface area contributed by atoms with Crippen molar-refractivity contribution in [3.63, 3.8) is 0 Å². The molecule has 0 bridgehead atoms. The van der Waals surface area contributed by atoms with Crippen LogP contribution in [0.1, 0.15) is 17.2 Å². The minimum absolute atomic E-state index is 0.119. The number of rotatable bonds is 5. The van der Waals surface area contributed by atoms with Crippen LogP contribution in [-0.4, -0.2) is 39.6 Å². The number of aliphatic carboxylic acids is 1. The van der Waals surface area contributed by atoms with Gasteiger partial charge in [0.25, 0.3) is 0 Å². The molecule has 0 aliphatic carbocycles. The van der Waals surface area contributed by atoms with E-state index in [2.05, 4.69) is 0 Å². The highest BCUT2D eigenvalue weighted by Crippen LogP contribution is 2.28. The summed E-state index contributed by atoms with van der Waals surface area (Å²) in [6, 6.07) is 4.44. The number of aliphatic hydroxyl groups is 3. The van der Waals surface area contributed by atoms with Gasteiger partial charge in [0.2, 0.25) is 0 Å². The molecule has 2 atom stereocenters. The summed E-state index contributed by atoms with van der Waals surface area (Å²) in [6.07, 6.45) is -3.56. The van der Waals surface area contributed by atoms with E-state index in [0.717, 1.165) is 0 Å². The number of carbonyl (C=O) groups is 1. The van der Waals surface area contributed by atoms with Crippen LogP contribution >= 0.6 is 0 Å². The monoisotopic (exact) mass is 242 g/mol. The SMILES string of the molecule is COc1ccc(CO)cc1C(O)C(O)C(=O)O. The molecule has 6 heteroatoms. The smallest absolute Gasteiger partial charge is 0.335 e. The first-order chi connectivity index (χ1) is 8.01. The Labute approximate surface area is 97.7 Å². The second-order valence-corrected chi connectivity index (χ2v) is 3.46. The lowest BCUT2D eigenvalue weighted by atomic mass is 10.0. The largest absolute Gasteiger partial charge is 0.496 e. The van der Waals surface area contributed by atoms with Crippen LogP contribution in [0.3, 0.4) is 0 Å². The van der Waals surface area contributed by atoms with Crippen LogP contribution in [0, 0.1) is 0 Å². The van der Waals surface area contributed by atoms with Gasteiger partial charge < -0.3 is 25.2 Å². The van der Waals surface area contributed by atoms with E-state index in [1.165, 1.54) is 19.2 Å².